The topological polar surface area (TPSA) is 82.4 Å². The predicted octanol–water partition coefficient (Wildman–Crippen LogP) is 3.43. The van der Waals surface area contributed by atoms with E-state index < -0.39 is 0 Å². The van der Waals surface area contributed by atoms with E-state index in [1.807, 2.05) is 13.0 Å². The molecule has 6 heteroatoms. The van der Waals surface area contributed by atoms with Crippen LogP contribution in [0.15, 0.2) is 30.0 Å². The summed E-state index contributed by atoms with van der Waals surface area (Å²) in [5.41, 5.74) is 4.10. The van der Waals surface area contributed by atoms with Gasteiger partial charge in [-0.05, 0) is 69.1 Å². The van der Waals surface area contributed by atoms with Gasteiger partial charge in [0.25, 0.3) is 5.91 Å². The summed E-state index contributed by atoms with van der Waals surface area (Å²) < 4.78 is 5.07. The molecule has 3 rings (SSSR count). The predicted molar refractivity (Wildman–Crippen MR) is 114 cm³/mol. The normalized spacial score (nSPS) is 18.2. The fourth-order valence-electron chi connectivity index (χ4n) is 4.22. The Hall–Kier alpha value is -2.81. The van der Waals surface area contributed by atoms with Crippen molar-refractivity contribution in [2.75, 3.05) is 19.7 Å². The monoisotopic (exact) mass is 409 g/mol. The molecule has 0 bridgehead atoms. The number of aryl methyl sites for hydroxylation is 2. The van der Waals surface area contributed by atoms with E-state index >= 15 is 0 Å². The number of nitrogens with one attached hydrogen (secondary N) is 1. The Balaban J connectivity index is 1.58. The highest BCUT2D eigenvalue weighted by Gasteiger charge is 2.29. The molecule has 0 saturated carbocycles. The third-order valence-corrected chi connectivity index (χ3v) is 6.10. The Morgan fingerprint density at radius 2 is 1.97 bits per heavy atom. The van der Waals surface area contributed by atoms with E-state index in [0.717, 1.165) is 18.4 Å². The lowest BCUT2D eigenvalue weighted by molar-refractivity contribution is -0.150. The molecule has 2 aliphatic rings. The summed E-state index contributed by atoms with van der Waals surface area (Å²) in [6.07, 6.45) is 7.44. The average molecular weight is 410 g/mol. The molecule has 0 radical (unpaired) electrons. The van der Waals surface area contributed by atoms with Crippen LogP contribution in [0, 0.1) is 17.2 Å². The molecule has 1 fully saturated rings. The molecule has 1 aromatic rings. The highest BCUT2D eigenvalue weighted by Crippen LogP contribution is 2.25. The number of esters is 1. The largest absolute Gasteiger partial charge is 0.466 e. The van der Waals surface area contributed by atoms with Crippen molar-refractivity contribution in [3.63, 3.8) is 0 Å². The SMILES string of the molecule is CCOC(=O)C1CCN(C(=O)/C(C#N)=C\NC(C)c2ccc3c(c2)CCCC3)CC1. The first-order valence-electron chi connectivity index (χ1n) is 11.0. The number of likely N-dealkylation sites (tertiary alicyclic amines) is 1. The third-order valence-electron chi connectivity index (χ3n) is 6.10. The van der Waals surface area contributed by atoms with Gasteiger partial charge in [-0.2, -0.15) is 5.26 Å². The second-order valence-electron chi connectivity index (χ2n) is 8.11. The number of nitrogens with zero attached hydrogens (tertiary/aromatic N) is 2. The van der Waals surface area contributed by atoms with Crippen LogP contribution in [0.1, 0.15) is 62.3 Å². The van der Waals surface area contributed by atoms with Crippen LogP contribution in [0.4, 0.5) is 0 Å². The molecular formula is C24H31N3O3. The molecule has 1 N–H and O–H groups in total. The number of rotatable bonds is 6. The Kier molecular flexibility index (Phi) is 7.51. The van der Waals surface area contributed by atoms with Crippen molar-refractivity contribution in [1.82, 2.24) is 10.2 Å². The number of carbonyl (C=O) groups is 2. The molecule has 1 atom stereocenters. The van der Waals surface area contributed by atoms with Crippen LogP contribution in [0.25, 0.3) is 0 Å². The van der Waals surface area contributed by atoms with E-state index in [0.29, 0.717) is 32.5 Å². The van der Waals surface area contributed by atoms with Crippen LogP contribution in [-0.4, -0.2) is 36.5 Å². The van der Waals surface area contributed by atoms with E-state index in [4.69, 9.17) is 4.74 Å². The number of piperidine rings is 1. The van der Waals surface area contributed by atoms with Crippen molar-refractivity contribution >= 4 is 11.9 Å². The summed E-state index contributed by atoms with van der Waals surface area (Å²) >= 11 is 0. The van der Waals surface area contributed by atoms with Gasteiger partial charge in [0.15, 0.2) is 0 Å². The molecular weight excluding hydrogens is 378 g/mol. The Morgan fingerprint density at radius 3 is 2.63 bits per heavy atom. The smallest absolute Gasteiger partial charge is 0.309 e. The molecule has 1 unspecified atom stereocenters. The number of amides is 1. The zero-order valence-electron chi connectivity index (χ0n) is 17.9. The molecule has 1 saturated heterocycles. The van der Waals surface area contributed by atoms with Gasteiger partial charge in [0.05, 0.1) is 12.5 Å². The maximum Gasteiger partial charge on any atom is 0.309 e. The summed E-state index contributed by atoms with van der Waals surface area (Å²) in [7, 11) is 0. The summed E-state index contributed by atoms with van der Waals surface area (Å²) in [4.78, 5) is 26.3. The number of ether oxygens (including phenoxy) is 1. The summed E-state index contributed by atoms with van der Waals surface area (Å²) in [6, 6.07) is 8.61. The minimum atomic E-state index is -0.287. The van der Waals surface area contributed by atoms with Gasteiger partial charge in [0, 0.05) is 25.3 Å². The van der Waals surface area contributed by atoms with Gasteiger partial charge in [-0.25, -0.2) is 0 Å². The molecule has 1 aliphatic carbocycles. The zero-order chi connectivity index (χ0) is 21.5. The molecule has 0 spiro atoms. The van der Waals surface area contributed by atoms with E-state index in [-0.39, 0.29) is 29.4 Å². The van der Waals surface area contributed by atoms with E-state index in [2.05, 4.69) is 23.5 Å². The molecule has 160 valence electrons. The molecule has 30 heavy (non-hydrogen) atoms. The average Bonchev–Trinajstić information content (AvgIpc) is 2.79. The molecule has 0 aromatic heterocycles. The quantitative estimate of drug-likeness (QED) is 0.442. The van der Waals surface area contributed by atoms with Gasteiger partial charge >= 0.3 is 5.97 Å². The highest BCUT2D eigenvalue weighted by molar-refractivity contribution is 5.97. The maximum absolute atomic E-state index is 12.8. The summed E-state index contributed by atoms with van der Waals surface area (Å²) in [5.74, 6) is -0.642. The number of hydrogen-bond acceptors (Lipinski definition) is 5. The molecule has 6 nitrogen and oxygen atoms in total. The van der Waals surface area contributed by atoms with Crippen molar-refractivity contribution in [3.8, 4) is 6.07 Å². The standard InChI is InChI=1S/C24H31N3O3/c1-3-30-24(29)19-10-12-27(13-11-19)23(28)22(15-25)16-26-17(2)20-9-8-18-6-4-5-7-21(18)14-20/h8-9,14,16-17,19,26H,3-7,10-13H2,1-2H3/b22-16-. The molecule has 1 heterocycles. The van der Waals surface area contributed by atoms with Crippen LogP contribution in [0.3, 0.4) is 0 Å². The van der Waals surface area contributed by atoms with Gasteiger partial charge in [-0.3, -0.25) is 9.59 Å². The van der Waals surface area contributed by atoms with Crippen LogP contribution in [-0.2, 0) is 27.2 Å². The lowest BCUT2D eigenvalue weighted by Crippen LogP contribution is -2.41. The number of hydrogen-bond donors (Lipinski definition) is 1. The van der Waals surface area contributed by atoms with Gasteiger partial charge < -0.3 is 15.0 Å². The summed E-state index contributed by atoms with van der Waals surface area (Å²) in [6.45, 7) is 5.11. The van der Waals surface area contributed by atoms with Crippen molar-refractivity contribution < 1.29 is 14.3 Å². The van der Waals surface area contributed by atoms with Gasteiger partial charge in [0.2, 0.25) is 0 Å². The van der Waals surface area contributed by atoms with E-state index in [1.165, 1.54) is 30.2 Å². The first-order valence-corrected chi connectivity index (χ1v) is 11.0. The Morgan fingerprint density at radius 1 is 1.27 bits per heavy atom. The van der Waals surface area contributed by atoms with Crippen molar-refractivity contribution in [2.24, 2.45) is 5.92 Å². The Labute approximate surface area is 178 Å². The first kappa shape index (κ1) is 21.9. The minimum absolute atomic E-state index is 0.00271. The zero-order valence-corrected chi connectivity index (χ0v) is 17.9. The number of nitriles is 1. The Bertz CT molecular complexity index is 848. The van der Waals surface area contributed by atoms with Crippen LogP contribution in [0.5, 0.6) is 0 Å². The highest BCUT2D eigenvalue weighted by atomic mass is 16.5. The third kappa shape index (κ3) is 5.21. The van der Waals surface area contributed by atoms with Crippen LogP contribution >= 0.6 is 0 Å². The fourth-order valence-corrected chi connectivity index (χ4v) is 4.22. The second kappa shape index (κ2) is 10.3. The van der Waals surface area contributed by atoms with Crippen molar-refractivity contribution in [3.05, 3.63) is 46.7 Å². The minimum Gasteiger partial charge on any atom is -0.466 e. The lowest BCUT2D eigenvalue weighted by Gasteiger charge is -2.30. The number of carbonyl (C=O) groups excluding carboxylic acids is 2. The first-order chi connectivity index (χ1) is 14.5. The molecule has 1 aromatic carbocycles. The maximum atomic E-state index is 12.8. The second-order valence-corrected chi connectivity index (χ2v) is 8.11. The molecule has 1 amide bonds. The van der Waals surface area contributed by atoms with Crippen LogP contribution < -0.4 is 5.32 Å². The fraction of sp³-hybridized carbons (Fsp3) is 0.542. The van der Waals surface area contributed by atoms with E-state index in [1.54, 1.807) is 11.8 Å². The lowest BCUT2D eigenvalue weighted by atomic mass is 9.89. The summed E-state index contributed by atoms with van der Waals surface area (Å²) in [5, 5.41) is 12.7. The van der Waals surface area contributed by atoms with Crippen molar-refractivity contribution in [2.45, 2.75) is 58.4 Å². The van der Waals surface area contributed by atoms with Crippen LogP contribution in [0.2, 0.25) is 0 Å². The van der Waals surface area contributed by atoms with Gasteiger partial charge in [-0.15, -0.1) is 0 Å². The van der Waals surface area contributed by atoms with Gasteiger partial charge in [0.1, 0.15) is 11.6 Å². The van der Waals surface area contributed by atoms with Crippen molar-refractivity contribution in [1.29, 1.82) is 5.26 Å². The van der Waals surface area contributed by atoms with Gasteiger partial charge in [-0.1, -0.05) is 18.2 Å². The molecule has 1 aliphatic heterocycles. The van der Waals surface area contributed by atoms with E-state index in [9.17, 15) is 14.9 Å². The number of benzene rings is 1. The number of fused-ring (bicyclic) bond motifs is 1.